The molecule has 31 heavy (non-hydrogen) atoms. The SMILES string of the molecule is CCNC(=NCC1CCN(Cc2ccc(OC)cc2)CC1)N(C)Cc1cccn1C.I. The number of likely N-dealkylation sites (tertiary alicyclic amines) is 1. The number of nitrogens with one attached hydrogen (secondary N) is 1. The normalized spacial score (nSPS) is 15.4. The third-order valence-electron chi connectivity index (χ3n) is 5.92. The van der Waals surface area contributed by atoms with Crippen LogP contribution >= 0.6 is 24.0 Å². The summed E-state index contributed by atoms with van der Waals surface area (Å²) in [6.45, 7) is 8.07. The number of guanidine groups is 1. The first kappa shape index (κ1) is 25.5. The molecule has 0 atom stereocenters. The van der Waals surface area contributed by atoms with Gasteiger partial charge in [0.2, 0.25) is 0 Å². The van der Waals surface area contributed by atoms with E-state index >= 15 is 0 Å². The fourth-order valence-corrected chi connectivity index (χ4v) is 3.98. The van der Waals surface area contributed by atoms with Crippen molar-refractivity contribution in [1.29, 1.82) is 0 Å². The third-order valence-corrected chi connectivity index (χ3v) is 5.92. The Morgan fingerprint density at radius 2 is 1.90 bits per heavy atom. The van der Waals surface area contributed by atoms with Crippen LogP contribution in [0, 0.1) is 5.92 Å². The lowest BCUT2D eigenvalue weighted by Gasteiger charge is -2.31. The van der Waals surface area contributed by atoms with E-state index in [-0.39, 0.29) is 24.0 Å². The number of hydrogen-bond donors (Lipinski definition) is 1. The standard InChI is InChI=1S/C24H37N5O.HI/c1-5-25-24(28(3)19-22-7-6-14-27(22)2)26-17-20-12-15-29(16-13-20)18-21-8-10-23(30-4)11-9-21;/h6-11,14,20H,5,12-13,15-19H2,1-4H3,(H,25,26);1H. The van der Waals surface area contributed by atoms with Crippen molar-refractivity contribution in [3.8, 4) is 5.75 Å². The maximum absolute atomic E-state index is 5.25. The molecule has 7 heteroatoms. The summed E-state index contributed by atoms with van der Waals surface area (Å²) in [7, 11) is 5.92. The highest BCUT2D eigenvalue weighted by Gasteiger charge is 2.19. The Morgan fingerprint density at radius 3 is 2.48 bits per heavy atom. The minimum absolute atomic E-state index is 0. The maximum Gasteiger partial charge on any atom is 0.194 e. The van der Waals surface area contributed by atoms with Gasteiger partial charge >= 0.3 is 0 Å². The molecule has 1 aliphatic rings. The van der Waals surface area contributed by atoms with E-state index in [1.54, 1.807) is 7.11 Å². The monoisotopic (exact) mass is 539 g/mol. The zero-order chi connectivity index (χ0) is 21.3. The Kier molecular flexibility index (Phi) is 10.7. The van der Waals surface area contributed by atoms with Gasteiger partial charge in [-0.15, -0.1) is 24.0 Å². The molecule has 0 spiro atoms. The molecule has 2 aromatic rings. The molecule has 0 aliphatic carbocycles. The first-order chi connectivity index (χ1) is 14.6. The number of methoxy groups -OCH3 is 1. The van der Waals surface area contributed by atoms with Crippen LogP contribution in [-0.2, 0) is 20.1 Å². The van der Waals surface area contributed by atoms with Gasteiger partial charge in [0.05, 0.1) is 13.7 Å². The van der Waals surface area contributed by atoms with Crippen LogP contribution in [-0.4, -0.2) is 60.7 Å². The summed E-state index contributed by atoms with van der Waals surface area (Å²) in [6, 6.07) is 12.7. The van der Waals surface area contributed by atoms with Crippen molar-refractivity contribution in [2.75, 3.05) is 40.3 Å². The highest BCUT2D eigenvalue weighted by atomic mass is 127. The summed E-state index contributed by atoms with van der Waals surface area (Å²) in [5.74, 6) is 2.58. The van der Waals surface area contributed by atoms with Crippen molar-refractivity contribution in [1.82, 2.24) is 19.7 Å². The highest BCUT2D eigenvalue weighted by molar-refractivity contribution is 14.0. The van der Waals surface area contributed by atoms with Crippen molar-refractivity contribution in [2.45, 2.75) is 32.9 Å². The lowest BCUT2D eigenvalue weighted by atomic mass is 9.96. The lowest BCUT2D eigenvalue weighted by Crippen LogP contribution is -2.39. The molecule has 0 saturated carbocycles. The fourth-order valence-electron chi connectivity index (χ4n) is 3.98. The topological polar surface area (TPSA) is 45.0 Å². The average molecular weight is 540 g/mol. The predicted octanol–water partition coefficient (Wildman–Crippen LogP) is 3.96. The molecule has 6 nitrogen and oxygen atoms in total. The summed E-state index contributed by atoms with van der Waals surface area (Å²) in [4.78, 5) is 9.74. The molecule has 1 fully saturated rings. The van der Waals surface area contributed by atoms with E-state index < -0.39 is 0 Å². The number of aryl methyl sites for hydroxylation is 1. The Labute approximate surface area is 204 Å². The minimum Gasteiger partial charge on any atom is -0.497 e. The highest BCUT2D eigenvalue weighted by Crippen LogP contribution is 2.20. The second-order valence-electron chi connectivity index (χ2n) is 8.23. The molecule has 0 amide bonds. The molecular formula is C24H38IN5O. The first-order valence-electron chi connectivity index (χ1n) is 11.0. The fraction of sp³-hybridized carbons (Fsp3) is 0.542. The van der Waals surface area contributed by atoms with Gasteiger partial charge in [0.15, 0.2) is 5.96 Å². The summed E-state index contributed by atoms with van der Waals surface area (Å²) >= 11 is 0. The van der Waals surface area contributed by atoms with Crippen LogP contribution in [0.5, 0.6) is 5.75 Å². The zero-order valence-electron chi connectivity index (χ0n) is 19.4. The quantitative estimate of drug-likeness (QED) is 0.314. The van der Waals surface area contributed by atoms with Crippen molar-refractivity contribution in [3.63, 3.8) is 0 Å². The number of hydrogen-bond acceptors (Lipinski definition) is 3. The smallest absolute Gasteiger partial charge is 0.194 e. The van der Waals surface area contributed by atoms with Crippen molar-refractivity contribution in [3.05, 3.63) is 53.9 Å². The summed E-state index contributed by atoms with van der Waals surface area (Å²) in [5.41, 5.74) is 2.64. The number of halogens is 1. The number of piperidine rings is 1. The Hall–Kier alpha value is -1.74. The Morgan fingerprint density at radius 1 is 1.19 bits per heavy atom. The maximum atomic E-state index is 5.25. The number of aromatic nitrogens is 1. The molecule has 0 bridgehead atoms. The van der Waals surface area contributed by atoms with E-state index in [9.17, 15) is 0 Å². The van der Waals surface area contributed by atoms with Gasteiger partial charge in [-0.25, -0.2) is 0 Å². The molecule has 1 aromatic carbocycles. The van der Waals surface area contributed by atoms with E-state index in [2.05, 4.69) is 71.2 Å². The van der Waals surface area contributed by atoms with Gasteiger partial charge < -0.3 is 19.5 Å². The zero-order valence-corrected chi connectivity index (χ0v) is 21.7. The summed E-state index contributed by atoms with van der Waals surface area (Å²) in [6.07, 6.45) is 4.51. The number of ether oxygens (including phenoxy) is 1. The minimum atomic E-state index is 0. The average Bonchev–Trinajstić information content (AvgIpc) is 3.17. The van der Waals surface area contributed by atoms with E-state index in [4.69, 9.17) is 9.73 Å². The molecule has 0 radical (unpaired) electrons. The molecule has 1 aliphatic heterocycles. The molecule has 1 saturated heterocycles. The van der Waals surface area contributed by atoms with Gasteiger partial charge in [-0.3, -0.25) is 9.89 Å². The van der Waals surface area contributed by atoms with Crippen LogP contribution in [0.15, 0.2) is 47.6 Å². The van der Waals surface area contributed by atoms with Gasteiger partial charge in [0, 0.05) is 45.6 Å². The summed E-state index contributed by atoms with van der Waals surface area (Å²) in [5, 5.41) is 3.45. The van der Waals surface area contributed by atoms with Gasteiger partial charge in [-0.05, 0) is 68.6 Å². The van der Waals surface area contributed by atoms with Gasteiger partial charge in [-0.1, -0.05) is 12.1 Å². The van der Waals surface area contributed by atoms with Crippen LogP contribution in [0.2, 0.25) is 0 Å². The molecule has 2 heterocycles. The number of nitrogens with zero attached hydrogens (tertiary/aromatic N) is 4. The van der Waals surface area contributed by atoms with Gasteiger partial charge in [0.1, 0.15) is 5.75 Å². The molecular weight excluding hydrogens is 501 g/mol. The van der Waals surface area contributed by atoms with Crippen molar-refractivity contribution < 1.29 is 4.74 Å². The number of aliphatic imine (C=N–C) groups is 1. The second-order valence-corrected chi connectivity index (χ2v) is 8.23. The number of benzene rings is 1. The molecule has 1 N–H and O–H groups in total. The van der Waals surface area contributed by atoms with Crippen LogP contribution in [0.1, 0.15) is 31.0 Å². The van der Waals surface area contributed by atoms with E-state index in [1.165, 1.54) is 24.1 Å². The van der Waals surface area contributed by atoms with Crippen LogP contribution in [0.3, 0.4) is 0 Å². The molecule has 172 valence electrons. The van der Waals surface area contributed by atoms with Crippen molar-refractivity contribution in [2.24, 2.45) is 18.0 Å². The second kappa shape index (κ2) is 13.0. The Balaban J connectivity index is 0.00000341. The third kappa shape index (κ3) is 7.71. The number of rotatable bonds is 8. The molecule has 3 rings (SSSR count). The van der Waals surface area contributed by atoms with E-state index in [1.807, 2.05) is 12.1 Å². The van der Waals surface area contributed by atoms with E-state index in [0.717, 1.165) is 51.0 Å². The molecule has 0 unspecified atom stereocenters. The van der Waals surface area contributed by atoms with Crippen LogP contribution in [0.4, 0.5) is 0 Å². The Bertz CT molecular complexity index is 797. The van der Waals surface area contributed by atoms with Gasteiger partial charge in [0.25, 0.3) is 0 Å². The largest absolute Gasteiger partial charge is 0.497 e. The molecule has 1 aromatic heterocycles. The summed E-state index contributed by atoms with van der Waals surface area (Å²) < 4.78 is 7.42. The van der Waals surface area contributed by atoms with Crippen LogP contribution < -0.4 is 10.1 Å². The van der Waals surface area contributed by atoms with E-state index in [0.29, 0.717) is 5.92 Å². The van der Waals surface area contributed by atoms with Crippen LogP contribution in [0.25, 0.3) is 0 Å². The predicted molar refractivity (Wildman–Crippen MR) is 139 cm³/mol. The van der Waals surface area contributed by atoms with Crippen molar-refractivity contribution >= 4 is 29.9 Å². The first-order valence-corrected chi connectivity index (χ1v) is 11.0. The van der Waals surface area contributed by atoms with Gasteiger partial charge in [-0.2, -0.15) is 0 Å². The lowest BCUT2D eigenvalue weighted by molar-refractivity contribution is 0.180.